The van der Waals surface area contributed by atoms with Crippen LogP contribution >= 0.6 is 0 Å². The molecule has 0 unspecified atom stereocenters. The van der Waals surface area contributed by atoms with Crippen molar-refractivity contribution in [2.75, 3.05) is 0 Å². The van der Waals surface area contributed by atoms with Crippen molar-refractivity contribution in [3.63, 3.8) is 0 Å². The Bertz CT molecular complexity index is 1620. The number of allylic oxidation sites excluding steroid dienone is 1. The first-order chi connectivity index (χ1) is 15.9. The molecule has 0 atom stereocenters. The van der Waals surface area contributed by atoms with Crippen LogP contribution in [-0.2, 0) is 0 Å². The number of nitrogens with zero attached hydrogens (tertiary/aromatic N) is 3. The molecule has 0 saturated heterocycles. The van der Waals surface area contributed by atoms with Crippen LogP contribution in [0, 0.1) is 0 Å². The fraction of sp³-hybridized carbons (Fsp3) is 0.0690. The van der Waals surface area contributed by atoms with Crippen molar-refractivity contribution in [1.29, 1.82) is 0 Å². The maximum Gasteiger partial charge on any atom is 0.135 e. The minimum Gasteiger partial charge on any atom is -0.297 e. The highest BCUT2D eigenvalue weighted by Gasteiger charge is 2.19. The highest BCUT2D eigenvalue weighted by atomic mass is 15.2. The number of para-hydroxylation sites is 4. The fourth-order valence-electron chi connectivity index (χ4n) is 5.24. The van der Waals surface area contributed by atoms with Gasteiger partial charge in [-0.25, -0.2) is 4.99 Å². The maximum atomic E-state index is 5.27. The van der Waals surface area contributed by atoms with Crippen molar-refractivity contribution in [2.24, 2.45) is 4.99 Å². The molecule has 32 heavy (non-hydrogen) atoms. The van der Waals surface area contributed by atoms with Gasteiger partial charge < -0.3 is 0 Å². The van der Waals surface area contributed by atoms with Crippen LogP contribution in [-0.4, -0.2) is 15.0 Å². The summed E-state index contributed by atoms with van der Waals surface area (Å²) in [5, 5.41) is 5.09. The fourth-order valence-corrected chi connectivity index (χ4v) is 5.24. The highest BCUT2D eigenvalue weighted by Crippen LogP contribution is 2.35. The minimum atomic E-state index is 0.920. The first kappa shape index (κ1) is 17.6. The summed E-state index contributed by atoms with van der Waals surface area (Å²) in [7, 11) is 0. The number of hydrogen-bond acceptors (Lipinski definition) is 1. The van der Waals surface area contributed by atoms with Crippen LogP contribution in [0.2, 0.25) is 0 Å². The van der Waals surface area contributed by atoms with Crippen molar-refractivity contribution in [3.05, 3.63) is 103 Å². The molecule has 152 valence electrons. The zero-order valence-corrected chi connectivity index (χ0v) is 17.6. The summed E-state index contributed by atoms with van der Waals surface area (Å²) in [5.41, 5.74) is 4.84. The van der Waals surface area contributed by atoms with Gasteiger partial charge in [-0.05, 0) is 36.8 Å². The van der Waals surface area contributed by atoms with Crippen molar-refractivity contribution in [3.8, 4) is 0 Å². The summed E-state index contributed by atoms with van der Waals surface area (Å²) >= 11 is 0. The second kappa shape index (κ2) is 6.69. The molecular formula is C29H21N3. The Kier molecular flexibility index (Phi) is 3.67. The van der Waals surface area contributed by atoms with E-state index >= 15 is 0 Å². The van der Waals surface area contributed by atoms with Crippen LogP contribution in [0.5, 0.6) is 0 Å². The third-order valence-corrected chi connectivity index (χ3v) is 6.59. The van der Waals surface area contributed by atoms with E-state index in [1.54, 1.807) is 0 Å². The Morgan fingerprint density at radius 1 is 0.500 bits per heavy atom. The molecule has 0 fully saturated rings. The normalized spacial score (nSPS) is 14.4. The topological polar surface area (TPSA) is 22.2 Å². The quantitative estimate of drug-likeness (QED) is 0.268. The molecule has 1 aliphatic rings. The van der Waals surface area contributed by atoms with Crippen molar-refractivity contribution < 1.29 is 0 Å². The summed E-state index contributed by atoms with van der Waals surface area (Å²) in [6.07, 6.45) is 4.16. The van der Waals surface area contributed by atoms with Gasteiger partial charge in [0, 0.05) is 28.0 Å². The lowest BCUT2D eigenvalue weighted by Gasteiger charge is -2.18. The molecule has 0 saturated carbocycles. The first-order valence-corrected chi connectivity index (χ1v) is 11.1. The number of aromatic nitrogens is 2. The van der Waals surface area contributed by atoms with Crippen LogP contribution < -0.4 is 0 Å². The number of hydrogen-bond donors (Lipinski definition) is 0. The van der Waals surface area contributed by atoms with E-state index in [0.717, 1.165) is 24.5 Å². The van der Waals surface area contributed by atoms with Crippen LogP contribution in [0.3, 0.4) is 0 Å². The van der Waals surface area contributed by atoms with Crippen LogP contribution in [0.1, 0.15) is 12.8 Å². The molecule has 0 bridgehead atoms. The molecule has 2 aromatic heterocycles. The number of fused-ring (bicyclic) bond motifs is 6. The summed E-state index contributed by atoms with van der Waals surface area (Å²) in [6, 6.07) is 34.5. The van der Waals surface area contributed by atoms with E-state index in [-0.39, 0.29) is 0 Å². The van der Waals surface area contributed by atoms with Gasteiger partial charge in [-0.15, -0.1) is 0 Å². The minimum absolute atomic E-state index is 0.920. The van der Waals surface area contributed by atoms with E-state index in [1.165, 1.54) is 43.6 Å². The third kappa shape index (κ3) is 2.39. The van der Waals surface area contributed by atoms with Gasteiger partial charge in [0.15, 0.2) is 0 Å². The van der Waals surface area contributed by atoms with Gasteiger partial charge in [-0.3, -0.25) is 9.13 Å². The smallest absolute Gasteiger partial charge is 0.135 e. The maximum absolute atomic E-state index is 5.27. The molecule has 0 aliphatic carbocycles. The molecule has 3 nitrogen and oxygen atoms in total. The van der Waals surface area contributed by atoms with E-state index < -0.39 is 0 Å². The average Bonchev–Trinajstić information content (AvgIpc) is 3.37. The SMILES string of the molecule is C1=C(n2c3ccccc3c3ccccc32)N=C(n2c3ccccc3c3ccccc32)CC1. The molecule has 0 spiro atoms. The monoisotopic (exact) mass is 411 g/mol. The van der Waals surface area contributed by atoms with E-state index in [2.05, 4.69) is 112 Å². The Hall–Kier alpha value is -4.11. The molecule has 6 aromatic rings. The largest absolute Gasteiger partial charge is 0.297 e. The predicted molar refractivity (Wildman–Crippen MR) is 135 cm³/mol. The Morgan fingerprint density at radius 3 is 1.38 bits per heavy atom. The summed E-state index contributed by atoms with van der Waals surface area (Å²) in [4.78, 5) is 5.27. The summed E-state index contributed by atoms with van der Waals surface area (Å²) in [6.45, 7) is 0. The van der Waals surface area contributed by atoms with Gasteiger partial charge >= 0.3 is 0 Å². The average molecular weight is 412 g/mol. The van der Waals surface area contributed by atoms with E-state index in [9.17, 15) is 0 Å². The predicted octanol–water partition coefficient (Wildman–Crippen LogP) is 7.44. The molecule has 3 heterocycles. The second-order valence-electron chi connectivity index (χ2n) is 8.37. The lowest BCUT2D eigenvalue weighted by Crippen LogP contribution is -2.15. The van der Waals surface area contributed by atoms with Gasteiger partial charge in [0.2, 0.25) is 0 Å². The standard InChI is InChI=1S/C29H21N3/c1-5-14-24-20(10-1)21-11-2-6-15-25(21)31(24)28-18-9-19-29(30-28)32-26-16-7-3-12-22(26)23-13-4-8-17-27(23)32/h1-8,10-18H,9,19H2. The van der Waals surface area contributed by atoms with Crippen LogP contribution in [0.25, 0.3) is 49.4 Å². The van der Waals surface area contributed by atoms with Crippen molar-refractivity contribution in [2.45, 2.75) is 12.8 Å². The van der Waals surface area contributed by atoms with E-state index in [0.29, 0.717) is 0 Å². The Morgan fingerprint density at radius 2 is 0.906 bits per heavy atom. The zero-order valence-electron chi connectivity index (χ0n) is 17.6. The summed E-state index contributed by atoms with van der Waals surface area (Å²) < 4.78 is 4.67. The molecular weight excluding hydrogens is 390 g/mol. The van der Waals surface area contributed by atoms with E-state index in [4.69, 9.17) is 4.99 Å². The third-order valence-electron chi connectivity index (χ3n) is 6.59. The first-order valence-electron chi connectivity index (χ1n) is 11.1. The molecule has 1 aliphatic heterocycles. The molecule has 3 heteroatoms. The van der Waals surface area contributed by atoms with Crippen LogP contribution in [0.15, 0.2) is 108 Å². The van der Waals surface area contributed by atoms with Gasteiger partial charge in [0.05, 0.1) is 22.1 Å². The van der Waals surface area contributed by atoms with Gasteiger partial charge in [0.1, 0.15) is 11.7 Å². The summed E-state index contributed by atoms with van der Waals surface area (Å²) in [5.74, 6) is 2.10. The molecule has 0 radical (unpaired) electrons. The molecule has 7 rings (SSSR count). The zero-order chi connectivity index (χ0) is 21.1. The number of rotatable bonds is 1. The molecule has 4 aromatic carbocycles. The lowest BCUT2D eigenvalue weighted by atomic mass is 10.2. The number of aliphatic imine (C=N–C) groups is 1. The van der Waals surface area contributed by atoms with E-state index in [1.807, 2.05) is 0 Å². The Labute approximate surface area is 185 Å². The van der Waals surface area contributed by atoms with Gasteiger partial charge in [0.25, 0.3) is 0 Å². The molecule has 0 N–H and O–H groups in total. The number of benzene rings is 4. The van der Waals surface area contributed by atoms with Crippen LogP contribution in [0.4, 0.5) is 0 Å². The second-order valence-corrected chi connectivity index (χ2v) is 8.37. The highest BCUT2D eigenvalue weighted by molar-refractivity contribution is 6.15. The Balaban J connectivity index is 1.51. The van der Waals surface area contributed by atoms with Crippen molar-refractivity contribution in [1.82, 2.24) is 9.13 Å². The molecule has 0 amide bonds. The van der Waals surface area contributed by atoms with Crippen molar-refractivity contribution >= 4 is 55.3 Å². The lowest BCUT2D eigenvalue weighted by molar-refractivity contribution is 0.980. The van der Waals surface area contributed by atoms with Gasteiger partial charge in [-0.2, -0.15) is 0 Å². The van der Waals surface area contributed by atoms with Gasteiger partial charge in [-0.1, -0.05) is 72.8 Å².